The normalized spacial score (nSPS) is 12.3. The van der Waals surface area contributed by atoms with Crippen LogP contribution in [0.2, 0.25) is 0 Å². The molecule has 0 aliphatic rings. The Bertz CT molecular complexity index is 1100. The van der Waals surface area contributed by atoms with Gasteiger partial charge in [-0.25, -0.2) is 12.8 Å². The van der Waals surface area contributed by atoms with Crippen LogP contribution in [0, 0.1) is 18.7 Å². The zero-order chi connectivity index (χ0) is 25.5. The minimum absolute atomic E-state index is 0.119. The molecule has 0 heterocycles. The van der Waals surface area contributed by atoms with Crippen molar-refractivity contribution >= 4 is 27.5 Å². The minimum Gasteiger partial charge on any atom is -0.354 e. The lowest BCUT2D eigenvalue weighted by Crippen LogP contribution is -2.52. The number of anilines is 1. The van der Waals surface area contributed by atoms with Crippen molar-refractivity contribution in [3.63, 3.8) is 0 Å². The van der Waals surface area contributed by atoms with Crippen LogP contribution in [0.15, 0.2) is 48.5 Å². The second kappa shape index (κ2) is 12.0. The summed E-state index contributed by atoms with van der Waals surface area (Å²) < 4.78 is 40.2. The first kappa shape index (κ1) is 27.3. The van der Waals surface area contributed by atoms with Gasteiger partial charge in [-0.1, -0.05) is 57.2 Å². The number of para-hydroxylation sites is 1. The summed E-state index contributed by atoms with van der Waals surface area (Å²) in [5.74, 6) is -1.44. The van der Waals surface area contributed by atoms with Gasteiger partial charge < -0.3 is 10.2 Å². The van der Waals surface area contributed by atoms with Crippen LogP contribution in [-0.4, -0.2) is 50.5 Å². The molecular formula is C25H34FN3O4S. The molecule has 0 aliphatic carbocycles. The number of rotatable bonds is 11. The van der Waals surface area contributed by atoms with Crippen LogP contribution in [-0.2, 0) is 26.2 Å². The molecule has 1 N–H and O–H groups in total. The number of nitrogens with zero attached hydrogens (tertiary/aromatic N) is 2. The molecule has 0 bridgehead atoms. The highest BCUT2D eigenvalue weighted by Crippen LogP contribution is 2.23. The second-order valence-electron chi connectivity index (χ2n) is 8.73. The Morgan fingerprint density at radius 2 is 1.68 bits per heavy atom. The van der Waals surface area contributed by atoms with E-state index in [1.165, 1.54) is 23.1 Å². The zero-order valence-corrected chi connectivity index (χ0v) is 21.2. The molecule has 0 aromatic heterocycles. The van der Waals surface area contributed by atoms with E-state index < -0.39 is 34.3 Å². The molecule has 7 nitrogen and oxygen atoms in total. The SMILES string of the molecule is CC[C@H](C(=O)NCC(C)C)N(Cc1ccccc1C)C(=O)CN(c1ccccc1F)S(C)(=O)=O. The summed E-state index contributed by atoms with van der Waals surface area (Å²) in [5.41, 5.74) is 1.56. The van der Waals surface area contributed by atoms with E-state index in [2.05, 4.69) is 5.32 Å². The average Bonchev–Trinajstić information content (AvgIpc) is 2.76. The Hall–Kier alpha value is -2.94. The Morgan fingerprint density at radius 1 is 1.06 bits per heavy atom. The van der Waals surface area contributed by atoms with Crippen molar-refractivity contribution < 1.29 is 22.4 Å². The van der Waals surface area contributed by atoms with E-state index >= 15 is 0 Å². The highest BCUT2D eigenvalue weighted by atomic mass is 32.2. The standard InChI is InChI=1S/C25H34FN3O4S/c1-6-22(25(31)27-15-18(2)3)28(16-20-12-8-7-11-19(20)4)24(30)17-29(34(5,32)33)23-14-10-9-13-21(23)26/h7-14,18,22H,6,15-17H2,1-5H3,(H,27,31)/t22-/m1/s1. The van der Waals surface area contributed by atoms with Crippen LogP contribution >= 0.6 is 0 Å². The number of carbonyl (C=O) groups is 2. The highest BCUT2D eigenvalue weighted by Gasteiger charge is 2.32. The van der Waals surface area contributed by atoms with Crippen LogP contribution in [0.4, 0.5) is 10.1 Å². The van der Waals surface area contributed by atoms with Crippen LogP contribution in [0.3, 0.4) is 0 Å². The lowest BCUT2D eigenvalue weighted by Gasteiger charge is -2.33. The van der Waals surface area contributed by atoms with Crippen LogP contribution in [0.25, 0.3) is 0 Å². The third-order valence-electron chi connectivity index (χ3n) is 5.47. The molecule has 0 spiro atoms. The van der Waals surface area contributed by atoms with E-state index in [1.807, 2.05) is 45.0 Å². The second-order valence-corrected chi connectivity index (χ2v) is 10.6. The number of hydrogen-bond acceptors (Lipinski definition) is 4. The maximum Gasteiger partial charge on any atom is 0.244 e. The maximum absolute atomic E-state index is 14.5. The first-order valence-electron chi connectivity index (χ1n) is 11.3. The Kier molecular flexibility index (Phi) is 9.61. The van der Waals surface area contributed by atoms with Crippen LogP contribution in [0.1, 0.15) is 38.3 Å². The van der Waals surface area contributed by atoms with Gasteiger partial charge in [0.25, 0.3) is 0 Å². The summed E-state index contributed by atoms with van der Waals surface area (Å²) in [6.07, 6.45) is 1.26. The fourth-order valence-electron chi connectivity index (χ4n) is 3.56. The fourth-order valence-corrected chi connectivity index (χ4v) is 4.41. The molecule has 186 valence electrons. The summed E-state index contributed by atoms with van der Waals surface area (Å²) in [4.78, 5) is 28.0. The van der Waals surface area contributed by atoms with Gasteiger partial charge in [0.05, 0.1) is 11.9 Å². The average molecular weight is 492 g/mol. The van der Waals surface area contributed by atoms with Crippen LogP contribution in [0.5, 0.6) is 0 Å². The molecule has 2 rings (SSSR count). The van der Waals surface area contributed by atoms with E-state index in [0.29, 0.717) is 13.0 Å². The molecule has 0 aliphatic heterocycles. The van der Waals surface area contributed by atoms with Gasteiger partial charge in [0.15, 0.2) is 0 Å². The van der Waals surface area contributed by atoms with E-state index in [9.17, 15) is 22.4 Å². The number of benzene rings is 2. The zero-order valence-electron chi connectivity index (χ0n) is 20.4. The number of amides is 2. The first-order chi connectivity index (χ1) is 16.0. The molecular weight excluding hydrogens is 457 g/mol. The largest absolute Gasteiger partial charge is 0.354 e. The Labute approximate surface area is 202 Å². The van der Waals surface area contributed by atoms with Gasteiger partial charge in [-0.15, -0.1) is 0 Å². The van der Waals surface area contributed by atoms with Crippen LogP contribution < -0.4 is 9.62 Å². The molecule has 2 aromatic carbocycles. The smallest absolute Gasteiger partial charge is 0.244 e. The maximum atomic E-state index is 14.5. The number of nitrogens with one attached hydrogen (secondary N) is 1. The quantitative estimate of drug-likeness (QED) is 0.521. The van der Waals surface area contributed by atoms with Gasteiger partial charge in [0, 0.05) is 13.1 Å². The summed E-state index contributed by atoms with van der Waals surface area (Å²) in [6.45, 7) is 7.58. The van der Waals surface area contributed by atoms with Gasteiger partial charge in [0.1, 0.15) is 18.4 Å². The van der Waals surface area contributed by atoms with Crippen molar-refractivity contribution in [2.45, 2.75) is 46.7 Å². The minimum atomic E-state index is -3.98. The fraction of sp³-hybridized carbons (Fsp3) is 0.440. The third-order valence-corrected chi connectivity index (χ3v) is 6.60. The van der Waals surface area contributed by atoms with Gasteiger partial charge in [0.2, 0.25) is 21.8 Å². The third kappa shape index (κ3) is 7.28. The van der Waals surface area contributed by atoms with E-state index in [0.717, 1.165) is 27.8 Å². The van der Waals surface area contributed by atoms with Gasteiger partial charge in [-0.05, 0) is 42.5 Å². The van der Waals surface area contributed by atoms with Crippen molar-refractivity contribution in [2.75, 3.05) is 23.7 Å². The van der Waals surface area contributed by atoms with E-state index in [4.69, 9.17) is 0 Å². The van der Waals surface area contributed by atoms with Crippen molar-refractivity contribution in [2.24, 2.45) is 5.92 Å². The van der Waals surface area contributed by atoms with E-state index in [-0.39, 0.29) is 24.1 Å². The lowest BCUT2D eigenvalue weighted by molar-refractivity contribution is -0.140. The molecule has 1 atom stereocenters. The molecule has 2 amide bonds. The summed E-state index contributed by atoms with van der Waals surface area (Å²) in [6, 6.07) is 12.1. The van der Waals surface area contributed by atoms with Crippen molar-refractivity contribution in [3.8, 4) is 0 Å². The molecule has 0 radical (unpaired) electrons. The predicted molar refractivity (Wildman–Crippen MR) is 132 cm³/mol. The number of sulfonamides is 1. The molecule has 0 unspecified atom stereocenters. The molecule has 2 aromatic rings. The molecule has 0 fully saturated rings. The van der Waals surface area contributed by atoms with Crippen molar-refractivity contribution in [1.29, 1.82) is 0 Å². The van der Waals surface area contributed by atoms with Crippen molar-refractivity contribution in [3.05, 3.63) is 65.5 Å². The molecule has 0 saturated heterocycles. The topological polar surface area (TPSA) is 86.8 Å². The lowest BCUT2D eigenvalue weighted by atomic mass is 10.1. The number of carbonyl (C=O) groups excluding carboxylic acids is 2. The molecule has 0 saturated carbocycles. The van der Waals surface area contributed by atoms with Gasteiger partial charge in [-0.3, -0.25) is 13.9 Å². The highest BCUT2D eigenvalue weighted by molar-refractivity contribution is 7.92. The predicted octanol–water partition coefficient (Wildman–Crippen LogP) is 3.48. The Balaban J connectivity index is 2.45. The Morgan fingerprint density at radius 3 is 2.24 bits per heavy atom. The number of aryl methyl sites for hydroxylation is 1. The van der Waals surface area contributed by atoms with E-state index in [1.54, 1.807) is 6.92 Å². The van der Waals surface area contributed by atoms with Gasteiger partial charge in [-0.2, -0.15) is 0 Å². The van der Waals surface area contributed by atoms with Crippen molar-refractivity contribution in [1.82, 2.24) is 10.2 Å². The van der Waals surface area contributed by atoms with Gasteiger partial charge >= 0.3 is 0 Å². The number of hydrogen-bond donors (Lipinski definition) is 1. The summed E-state index contributed by atoms with van der Waals surface area (Å²) >= 11 is 0. The first-order valence-corrected chi connectivity index (χ1v) is 13.1. The molecule has 9 heteroatoms. The molecule has 34 heavy (non-hydrogen) atoms. The number of halogens is 1. The monoisotopic (exact) mass is 491 g/mol. The summed E-state index contributed by atoms with van der Waals surface area (Å²) in [7, 11) is -3.98. The summed E-state index contributed by atoms with van der Waals surface area (Å²) in [5, 5.41) is 2.87.